The number of hydrogen-bond acceptors (Lipinski definition) is 3. The molecule has 0 unspecified atom stereocenters. The van der Waals surface area contributed by atoms with Gasteiger partial charge in [0, 0.05) is 6.54 Å². The van der Waals surface area contributed by atoms with E-state index >= 15 is 0 Å². The summed E-state index contributed by atoms with van der Waals surface area (Å²) < 4.78 is 5.22. The Hall–Kier alpha value is -1.32. The van der Waals surface area contributed by atoms with Crippen molar-refractivity contribution < 1.29 is 9.53 Å². The van der Waals surface area contributed by atoms with Crippen LogP contribution in [-0.2, 0) is 4.79 Å². The van der Waals surface area contributed by atoms with Gasteiger partial charge in [0.05, 0.1) is 11.4 Å². The van der Waals surface area contributed by atoms with Crippen molar-refractivity contribution >= 4 is 17.6 Å². The molecule has 0 aliphatic carbocycles. The van der Waals surface area contributed by atoms with Gasteiger partial charge < -0.3 is 10.1 Å². The van der Waals surface area contributed by atoms with Gasteiger partial charge in [-0.25, -0.2) is 0 Å². The molecular formula is C13H14ClNO2. The van der Waals surface area contributed by atoms with Gasteiger partial charge in [0.25, 0.3) is 0 Å². The molecule has 1 N–H and O–H groups in total. The molecule has 3 nitrogen and oxygen atoms in total. The zero-order valence-corrected chi connectivity index (χ0v) is 10.2. The number of benzene rings is 1. The largest absolute Gasteiger partial charge is 0.425 e. The van der Waals surface area contributed by atoms with Crippen molar-refractivity contribution in [3.63, 3.8) is 0 Å². The Morgan fingerprint density at radius 1 is 1.41 bits per heavy atom. The molecule has 4 heteroatoms. The molecule has 1 aliphatic heterocycles. The molecule has 0 amide bonds. The van der Waals surface area contributed by atoms with Gasteiger partial charge in [-0.2, -0.15) is 0 Å². The highest BCUT2D eigenvalue weighted by atomic mass is 35.5. The Kier molecular flexibility index (Phi) is 4.18. The second-order valence-corrected chi connectivity index (χ2v) is 4.30. The third-order valence-electron chi connectivity index (χ3n) is 2.59. The Morgan fingerprint density at radius 3 is 2.94 bits per heavy atom. The molecule has 2 rings (SSSR count). The summed E-state index contributed by atoms with van der Waals surface area (Å²) in [6, 6.07) is 6.98. The van der Waals surface area contributed by atoms with Gasteiger partial charge in [0.2, 0.25) is 0 Å². The molecule has 0 fully saturated rings. The molecule has 0 aromatic heterocycles. The van der Waals surface area contributed by atoms with Crippen molar-refractivity contribution in [3.05, 3.63) is 40.9 Å². The fourth-order valence-electron chi connectivity index (χ4n) is 1.70. The van der Waals surface area contributed by atoms with Gasteiger partial charge in [-0.05, 0) is 25.1 Å². The molecule has 1 aromatic carbocycles. The molecule has 0 atom stereocenters. The predicted molar refractivity (Wildman–Crippen MR) is 67.3 cm³/mol. The summed E-state index contributed by atoms with van der Waals surface area (Å²) in [5.74, 6) is 0.167. The first-order valence-electron chi connectivity index (χ1n) is 5.59. The number of rotatable bonds is 3. The maximum Gasteiger partial charge on any atom is 0.315 e. The summed E-state index contributed by atoms with van der Waals surface area (Å²) in [6.45, 7) is 1.75. The normalized spacial score (nSPS) is 15.2. The van der Waals surface area contributed by atoms with Crippen LogP contribution in [0.1, 0.15) is 12.8 Å². The molecule has 17 heavy (non-hydrogen) atoms. The number of carbonyl (C=O) groups excluding carboxylic acids is 1. The van der Waals surface area contributed by atoms with Crippen molar-refractivity contribution in [2.45, 2.75) is 12.8 Å². The quantitative estimate of drug-likeness (QED) is 0.510. The Bertz CT molecular complexity index is 443. The fraction of sp³-hybridized carbons (Fsp3) is 0.308. The van der Waals surface area contributed by atoms with E-state index in [1.165, 1.54) is 0 Å². The van der Waals surface area contributed by atoms with Crippen LogP contribution in [0.2, 0.25) is 5.02 Å². The number of carbonyl (C=O) groups is 1. The summed E-state index contributed by atoms with van der Waals surface area (Å²) in [7, 11) is 0. The molecule has 1 aliphatic rings. The molecule has 0 bridgehead atoms. The van der Waals surface area contributed by atoms with Crippen LogP contribution in [0.15, 0.2) is 35.9 Å². The summed E-state index contributed by atoms with van der Waals surface area (Å²) in [4.78, 5) is 11.7. The van der Waals surface area contributed by atoms with E-state index in [0.29, 0.717) is 17.2 Å². The van der Waals surface area contributed by atoms with E-state index in [1.54, 1.807) is 24.3 Å². The maximum atomic E-state index is 11.7. The monoisotopic (exact) mass is 251 g/mol. The lowest BCUT2D eigenvalue weighted by Gasteiger charge is -2.13. The molecular weight excluding hydrogens is 238 g/mol. The highest BCUT2D eigenvalue weighted by molar-refractivity contribution is 6.32. The molecule has 90 valence electrons. The van der Waals surface area contributed by atoms with Crippen LogP contribution in [0.25, 0.3) is 0 Å². The zero-order valence-electron chi connectivity index (χ0n) is 9.41. The second-order valence-electron chi connectivity index (χ2n) is 3.90. The highest BCUT2D eigenvalue weighted by Crippen LogP contribution is 2.24. The number of nitrogens with one attached hydrogen (secondary N) is 1. The summed E-state index contributed by atoms with van der Waals surface area (Å²) >= 11 is 5.91. The molecule has 1 aromatic rings. The average Bonchev–Trinajstić information content (AvgIpc) is 2.33. The third kappa shape index (κ3) is 3.58. The van der Waals surface area contributed by atoms with Gasteiger partial charge in [0.15, 0.2) is 0 Å². The lowest BCUT2D eigenvalue weighted by Crippen LogP contribution is -2.22. The smallest absolute Gasteiger partial charge is 0.315 e. The first kappa shape index (κ1) is 12.1. The lowest BCUT2D eigenvalue weighted by atomic mass is 10.1. The van der Waals surface area contributed by atoms with Crippen molar-refractivity contribution in [1.82, 2.24) is 5.32 Å². The molecule has 0 radical (unpaired) electrons. The van der Waals surface area contributed by atoms with E-state index in [9.17, 15) is 4.79 Å². The number of ether oxygens (including phenoxy) is 1. The minimum atomic E-state index is -0.258. The lowest BCUT2D eigenvalue weighted by molar-refractivity contribution is -0.133. The van der Waals surface area contributed by atoms with Crippen LogP contribution in [0.4, 0.5) is 0 Å². The zero-order chi connectivity index (χ0) is 12.1. The average molecular weight is 252 g/mol. The molecule has 1 heterocycles. The summed E-state index contributed by atoms with van der Waals surface area (Å²) in [6.07, 6.45) is 3.28. The maximum absolute atomic E-state index is 11.7. The van der Waals surface area contributed by atoms with E-state index in [-0.39, 0.29) is 5.97 Å². The third-order valence-corrected chi connectivity index (χ3v) is 2.90. The standard InChI is InChI=1S/C13H14ClNO2/c14-11-3-1-2-4-12(11)17-13(16)9-10-5-7-15-8-6-10/h1-5,15H,6-9H2. The van der Waals surface area contributed by atoms with Crippen LogP contribution < -0.4 is 10.1 Å². The first-order chi connectivity index (χ1) is 8.25. The van der Waals surface area contributed by atoms with E-state index in [2.05, 4.69) is 5.32 Å². The van der Waals surface area contributed by atoms with Crippen LogP contribution in [0.5, 0.6) is 5.75 Å². The SMILES string of the molecule is O=C(CC1=CCNCC1)Oc1ccccc1Cl. The molecule has 0 saturated heterocycles. The van der Waals surface area contributed by atoms with Crippen molar-refractivity contribution in [3.8, 4) is 5.75 Å². The van der Waals surface area contributed by atoms with Gasteiger partial charge in [-0.15, -0.1) is 0 Å². The Balaban J connectivity index is 1.93. The van der Waals surface area contributed by atoms with Crippen LogP contribution in [-0.4, -0.2) is 19.1 Å². The Morgan fingerprint density at radius 2 is 2.24 bits per heavy atom. The number of hydrogen-bond donors (Lipinski definition) is 1. The van der Waals surface area contributed by atoms with E-state index in [4.69, 9.17) is 16.3 Å². The highest BCUT2D eigenvalue weighted by Gasteiger charge is 2.11. The second kappa shape index (κ2) is 5.84. The number of halogens is 1. The van der Waals surface area contributed by atoms with Crippen molar-refractivity contribution in [2.24, 2.45) is 0 Å². The van der Waals surface area contributed by atoms with E-state index in [0.717, 1.165) is 25.1 Å². The first-order valence-corrected chi connectivity index (χ1v) is 5.97. The van der Waals surface area contributed by atoms with Crippen LogP contribution in [0, 0.1) is 0 Å². The van der Waals surface area contributed by atoms with Crippen LogP contribution in [0.3, 0.4) is 0 Å². The van der Waals surface area contributed by atoms with Gasteiger partial charge >= 0.3 is 5.97 Å². The van der Waals surface area contributed by atoms with Crippen molar-refractivity contribution in [1.29, 1.82) is 0 Å². The van der Waals surface area contributed by atoms with E-state index in [1.807, 2.05) is 6.08 Å². The van der Waals surface area contributed by atoms with Crippen molar-refractivity contribution in [2.75, 3.05) is 13.1 Å². The minimum Gasteiger partial charge on any atom is -0.425 e. The van der Waals surface area contributed by atoms with Gasteiger partial charge in [-0.3, -0.25) is 4.79 Å². The van der Waals surface area contributed by atoms with Crippen LogP contribution >= 0.6 is 11.6 Å². The molecule has 0 spiro atoms. The summed E-state index contributed by atoms with van der Waals surface area (Å²) in [5, 5.41) is 3.66. The molecule has 0 saturated carbocycles. The minimum absolute atomic E-state index is 0.258. The summed E-state index contributed by atoms with van der Waals surface area (Å²) in [5.41, 5.74) is 1.13. The fourth-order valence-corrected chi connectivity index (χ4v) is 1.88. The van der Waals surface area contributed by atoms with Gasteiger partial charge in [0.1, 0.15) is 5.75 Å². The topological polar surface area (TPSA) is 38.3 Å². The number of esters is 1. The Labute approximate surface area is 105 Å². The van der Waals surface area contributed by atoms with Gasteiger partial charge in [-0.1, -0.05) is 35.4 Å². The van der Waals surface area contributed by atoms with E-state index < -0.39 is 0 Å². The number of para-hydroxylation sites is 1. The predicted octanol–water partition coefficient (Wildman–Crippen LogP) is 2.56.